The quantitative estimate of drug-likeness (QED) is 0.443. The Kier molecular flexibility index (Phi) is 8.67. The summed E-state index contributed by atoms with van der Waals surface area (Å²) in [4.78, 5) is 29.4. The molecule has 0 aliphatic rings. The van der Waals surface area contributed by atoms with Gasteiger partial charge in [0.05, 0.1) is 19.8 Å². The highest BCUT2D eigenvalue weighted by atomic mass is 16.5. The second kappa shape index (κ2) is 11.9. The molecule has 2 N–H and O–H groups in total. The van der Waals surface area contributed by atoms with E-state index in [1.165, 1.54) is 0 Å². The van der Waals surface area contributed by atoms with Gasteiger partial charge in [0.2, 0.25) is 5.91 Å². The van der Waals surface area contributed by atoms with Crippen molar-refractivity contribution in [3.05, 3.63) is 71.8 Å². The Balaban J connectivity index is 1.58. The van der Waals surface area contributed by atoms with Gasteiger partial charge in [0, 0.05) is 36.1 Å². The Morgan fingerprint density at radius 2 is 1.79 bits per heavy atom. The molecule has 180 valence electrons. The van der Waals surface area contributed by atoms with Gasteiger partial charge in [-0.2, -0.15) is 0 Å². The molecule has 0 bridgehead atoms. The van der Waals surface area contributed by atoms with Crippen LogP contribution in [0.3, 0.4) is 0 Å². The summed E-state index contributed by atoms with van der Waals surface area (Å²) in [5, 5.41) is 5.49. The third kappa shape index (κ3) is 6.60. The van der Waals surface area contributed by atoms with Crippen molar-refractivity contribution in [1.82, 2.24) is 14.9 Å². The van der Waals surface area contributed by atoms with Gasteiger partial charge in [-0.1, -0.05) is 26.0 Å². The van der Waals surface area contributed by atoms with Crippen molar-refractivity contribution in [3.8, 4) is 11.5 Å². The molecule has 8 heteroatoms. The number of nitrogens with zero attached hydrogens (tertiary/aromatic N) is 2. The normalized spacial score (nSPS) is 10.7. The van der Waals surface area contributed by atoms with Crippen molar-refractivity contribution in [3.63, 3.8) is 0 Å². The molecule has 0 fully saturated rings. The summed E-state index contributed by atoms with van der Waals surface area (Å²) in [6, 6.07) is 12.6. The second-order valence-electron chi connectivity index (χ2n) is 8.03. The third-order valence-corrected chi connectivity index (χ3v) is 5.04. The topological polar surface area (TPSA) is 94.5 Å². The van der Waals surface area contributed by atoms with Crippen molar-refractivity contribution in [2.75, 3.05) is 25.1 Å². The third-order valence-electron chi connectivity index (χ3n) is 5.04. The molecule has 0 atom stereocenters. The van der Waals surface area contributed by atoms with Gasteiger partial charge < -0.3 is 24.7 Å². The zero-order valence-corrected chi connectivity index (χ0v) is 20.1. The average Bonchev–Trinajstić information content (AvgIpc) is 3.27. The van der Waals surface area contributed by atoms with Crippen LogP contribution in [0.15, 0.2) is 54.9 Å². The number of hydrogen-bond acceptors (Lipinski definition) is 5. The maximum atomic E-state index is 12.5. The largest absolute Gasteiger partial charge is 0.490 e. The van der Waals surface area contributed by atoms with E-state index in [-0.39, 0.29) is 18.4 Å². The van der Waals surface area contributed by atoms with E-state index < -0.39 is 0 Å². The number of anilines is 1. The van der Waals surface area contributed by atoms with E-state index in [1.807, 2.05) is 44.3 Å². The summed E-state index contributed by atoms with van der Waals surface area (Å²) in [5.74, 6) is 1.73. The fourth-order valence-electron chi connectivity index (χ4n) is 3.56. The van der Waals surface area contributed by atoms with Crippen LogP contribution >= 0.6 is 0 Å². The van der Waals surface area contributed by atoms with Crippen LogP contribution in [-0.2, 0) is 11.3 Å². The highest BCUT2D eigenvalue weighted by molar-refractivity contribution is 5.99. The van der Waals surface area contributed by atoms with Gasteiger partial charge >= 0.3 is 0 Å². The molecule has 0 unspecified atom stereocenters. The van der Waals surface area contributed by atoms with Crippen LogP contribution in [0.4, 0.5) is 5.69 Å². The molecule has 1 aromatic heterocycles. The van der Waals surface area contributed by atoms with Crippen LogP contribution in [0.1, 0.15) is 55.4 Å². The Morgan fingerprint density at radius 1 is 1.03 bits per heavy atom. The van der Waals surface area contributed by atoms with Crippen LogP contribution in [0, 0.1) is 0 Å². The Hall–Kier alpha value is -3.81. The standard InChI is InChI=1S/C26H32N4O4/c1-5-33-22-11-10-20(15-23(22)34-6-2)26(32)28-16-24(31)29-21-9-7-8-19(14-21)17-30-13-12-27-25(30)18(3)4/h7-15,18H,5-6,16-17H2,1-4H3,(H,28,32)(H,29,31). The molecular formula is C26H32N4O4. The van der Waals surface area contributed by atoms with Crippen molar-refractivity contribution in [2.24, 2.45) is 0 Å². The van der Waals surface area contributed by atoms with Gasteiger partial charge in [-0.15, -0.1) is 0 Å². The Morgan fingerprint density at radius 3 is 2.53 bits per heavy atom. The molecule has 34 heavy (non-hydrogen) atoms. The summed E-state index contributed by atoms with van der Waals surface area (Å²) in [5.41, 5.74) is 2.10. The van der Waals surface area contributed by atoms with E-state index in [2.05, 4.69) is 34.0 Å². The lowest BCUT2D eigenvalue weighted by molar-refractivity contribution is -0.115. The van der Waals surface area contributed by atoms with E-state index in [9.17, 15) is 9.59 Å². The van der Waals surface area contributed by atoms with Crippen LogP contribution in [0.2, 0.25) is 0 Å². The van der Waals surface area contributed by atoms with E-state index in [0.717, 1.165) is 11.4 Å². The van der Waals surface area contributed by atoms with E-state index in [1.54, 1.807) is 24.4 Å². The number of rotatable bonds is 11. The van der Waals surface area contributed by atoms with Crippen LogP contribution in [0.25, 0.3) is 0 Å². The summed E-state index contributed by atoms with van der Waals surface area (Å²) in [6.07, 6.45) is 3.75. The van der Waals surface area contributed by atoms with Gasteiger partial charge in [-0.05, 0) is 49.7 Å². The summed E-state index contributed by atoms with van der Waals surface area (Å²) in [7, 11) is 0. The summed E-state index contributed by atoms with van der Waals surface area (Å²) >= 11 is 0. The van der Waals surface area contributed by atoms with Gasteiger partial charge in [0.25, 0.3) is 5.91 Å². The van der Waals surface area contributed by atoms with Gasteiger partial charge in [-0.3, -0.25) is 9.59 Å². The molecule has 2 amide bonds. The number of imidazole rings is 1. The molecule has 8 nitrogen and oxygen atoms in total. The highest BCUT2D eigenvalue weighted by Crippen LogP contribution is 2.28. The number of carbonyl (C=O) groups is 2. The zero-order chi connectivity index (χ0) is 24.5. The number of aromatic nitrogens is 2. The number of amides is 2. The molecule has 0 radical (unpaired) electrons. The first-order chi connectivity index (χ1) is 16.4. The molecule has 0 spiro atoms. The molecule has 1 heterocycles. The fraction of sp³-hybridized carbons (Fsp3) is 0.346. The van der Waals surface area contributed by atoms with Gasteiger partial charge in [0.1, 0.15) is 5.82 Å². The van der Waals surface area contributed by atoms with Gasteiger partial charge in [0.15, 0.2) is 11.5 Å². The number of nitrogens with one attached hydrogen (secondary N) is 2. The van der Waals surface area contributed by atoms with Crippen molar-refractivity contribution in [1.29, 1.82) is 0 Å². The Labute approximate surface area is 200 Å². The zero-order valence-electron chi connectivity index (χ0n) is 20.1. The predicted octanol–water partition coefficient (Wildman–Crippen LogP) is 4.22. The lowest BCUT2D eigenvalue weighted by Gasteiger charge is -2.13. The minimum absolute atomic E-state index is 0.154. The average molecular weight is 465 g/mol. The monoisotopic (exact) mass is 464 g/mol. The van der Waals surface area contributed by atoms with E-state index in [4.69, 9.17) is 9.47 Å². The van der Waals surface area contributed by atoms with Crippen LogP contribution in [0.5, 0.6) is 11.5 Å². The maximum absolute atomic E-state index is 12.5. The predicted molar refractivity (Wildman–Crippen MR) is 132 cm³/mol. The minimum Gasteiger partial charge on any atom is -0.490 e. The minimum atomic E-state index is -0.366. The highest BCUT2D eigenvalue weighted by Gasteiger charge is 2.13. The second-order valence-corrected chi connectivity index (χ2v) is 8.03. The number of hydrogen-bond donors (Lipinski definition) is 2. The molecule has 0 aliphatic carbocycles. The lowest BCUT2D eigenvalue weighted by atomic mass is 10.1. The van der Waals surface area contributed by atoms with E-state index in [0.29, 0.717) is 48.4 Å². The lowest BCUT2D eigenvalue weighted by Crippen LogP contribution is -2.32. The molecular weight excluding hydrogens is 432 g/mol. The Bertz CT molecular complexity index is 1120. The molecule has 3 rings (SSSR count). The number of carbonyl (C=O) groups excluding carboxylic acids is 2. The first kappa shape index (κ1) is 24.8. The summed E-state index contributed by atoms with van der Waals surface area (Å²) < 4.78 is 13.2. The van der Waals surface area contributed by atoms with Crippen LogP contribution in [-0.4, -0.2) is 41.1 Å². The van der Waals surface area contributed by atoms with Crippen molar-refractivity contribution in [2.45, 2.75) is 40.2 Å². The molecule has 0 saturated heterocycles. The summed E-state index contributed by atoms with van der Waals surface area (Å²) in [6.45, 7) is 9.41. The number of ether oxygens (including phenoxy) is 2. The van der Waals surface area contributed by atoms with Gasteiger partial charge in [-0.25, -0.2) is 4.98 Å². The number of benzene rings is 2. The molecule has 0 aliphatic heterocycles. The smallest absolute Gasteiger partial charge is 0.251 e. The molecule has 2 aromatic carbocycles. The fourth-order valence-corrected chi connectivity index (χ4v) is 3.56. The molecule has 3 aromatic rings. The maximum Gasteiger partial charge on any atom is 0.251 e. The van der Waals surface area contributed by atoms with Crippen molar-refractivity contribution < 1.29 is 19.1 Å². The SMILES string of the molecule is CCOc1ccc(C(=O)NCC(=O)Nc2cccc(Cn3ccnc3C(C)C)c2)cc1OCC. The first-order valence-electron chi connectivity index (χ1n) is 11.5. The first-order valence-corrected chi connectivity index (χ1v) is 11.5. The molecule has 0 saturated carbocycles. The van der Waals surface area contributed by atoms with Crippen LogP contribution < -0.4 is 20.1 Å². The van der Waals surface area contributed by atoms with E-state index >= 15 is 0 Å². The van der Waals surface area contributed by atoms with Crippen molar-refractivity contribution >= 4 is 17.5 Å².